The number of halogens is 1. The molecule has 0 fully saturated rings. The fourth-order valence-electron chi connectivity index (χ4n) is 2.07. The van der Waals surface area contributed by atoms with Crippen LogP contribution in [0.2, 0.25) is 0 Å². The zero-order chi connectivity index (χ0) is 18.4. The van der Waals surface area contributed by atoms with Gasteiger partial charge >= 0.3 is 0 Å². The van der Waals surface area contributed by atoms with Gasteiger partial charge in [-0.3, -0.25) is 4.79 Å². The molecule has 5 nitrogen and oxygen atoms in total. The second-order valence-corrected chi connectivity index (χ2v) is 7.22. The number of thioether (sulfide) groups is 1. The summed E-state index contributed by atoms with van der Waals surface area (Å²) in [6.07, 6.45) is 1.38. The number of ether oxygens (including phenoxy) is 1. The normalized spacial score (nSPS) is 10.9. The summed E-state index contributed by atoms with van der Waals surface area (Å²) in [6, 6.07) is 9.14. The Hall–Kier alpha value is -1.99. The number of benzene rings is 2. The van der Waals surface area contributed by atoms with Crippen LogP contribution in [0.15, 0.2) is 44.8 Å². The molecule has 0 aliphatic carbocycles. The Morgan fingerprint density at radius 3 is 2.84 bits per heavy atom. The molecule has 2 rings (SSSR count). The summed E-state index contributed by atoms with van der Waals surface area (Å²) < 4.78 is 6.08. The number of carbonyl (C=O) groups excluding carboxylic acids is 1. The van der Waals surface area contributed by atoms with Crippen molar-refractivity contribution in [3.05, 3.63) is 51.5 Å². The van der Waals surface area contributed by atoms with Crippen LogP contribution in [-0.2, 0) is 4.79 Å². The Morgan fingerprint density at radius 1 is 1.36 bits per heavy atom. The van der Waals surface area contributed by atoms with Crippen molar-refractivity contribution in [1.82, 2.24) is 5.43 Å². The number of nitrogens with one attached hydrogen (secondary N) is 1. The third kappa shape index (κ3) is 5.24. The Labute approximate surface area is 159 Å². The van der Waals surface area contributed by atoms with E-state index in [1.165, 1.54) is 25.1 Å². The van der Waals surface area contributed by atoms with Crippen molar-refractivity contribution < 1.29 is 14.6 Å². The number of hydrazone groups is 1. The monoisotopic (exact) mass is 422 g/mol. The van der Waals surface area contributed by atoms with Gasteiger partial charge in [0.05, 0.1) is 19.1 Å². The minimum Gasteiger partial charge on any atom is -0.504 e. The highest BCUT2D eigenvalue weighted by molar-refractivity contribution is 9.10. The summed E-state index contributed by atoms with van der Waals surface area (Å²) >= 11 is 4.95. The maximum Gasteiger partial charge on any atom is 0.250 e. The van der Waals surface area contributed by atoms with Gasteiger partial charge in [-0.25, -0.2) is 5.43 Å². The van der Waals surface area contributed by atoms with E-state index in [1.54, 1.807) is 18.2 Å². The van der Waals surface area contributed by atoms with Crippen molar-refractivity contribution in [3.8, 4) is 11.5 Å². The molecule has 2 aromatic carbocycles. The van der Waals surface area contributed by atoms with Crippen LogP contribution in [0.4, 0.5) is 0 Å². The lowest BCUT2D eigenvalue weighted by atomic mass is 10.2. The van der Waals surface area contributed by atoms with Gasteiger partial charge in [-0.05, 0) is 49.2 Å². The first kappa shape index (κ1) is 19.3. The lowest BCUT2D eigenvalue weighted by Gasteiger charge is -2.08. The minimum absolute atomic E-state index is 0.0154. The average molecular weight is 423 g/mol. The molecule has 0 aliphatic rings. The number of aromatic hydroxyl groups is 1. The molecular weight excluding hydrogens is 404 g/mol. The smallest absolute Gasteiger partial charge is 0.250 e. The average Bonchev–Trinajstić information content (AvgIpc) is 2.58. The number of phenolic OH excluding ortho intramolecular Hbond substituents is 1. The molecule has 0 unspecified atom stereocenters. The number of nitrogens with zero attached hydrogens (tertiary/aromatic N) is 1. The number of aryl methyl sites for hydroxylation is 2. The number of methoxy groups -OCH3 is 1. The van der Waals surface area contributed by atoms with Crippen molar-refractivity contribution in [2.75, 3.05) is 12.9 Å². The molecular formula is C18H19BrN2O3S. The van der Waals surface area contributed by atoms with Gasteiger partial charge in [-0.1, -0.05) is 22.0 Å². The standard InChI is InChI=1S/C18H19BrN2O3S/c1-11-8-16(12(2)7-14(11)19)25-10-17(22)21-20-9-13-5-4-6-15(24-3)18(13)23/h4-9,23H,10H2,1-3H3,(H,21,22)/b20-9+. The molecule has 0 saturated carbocycles. The molecule has 0 bridgehead atoms. The first-order chi connectivity index (χ1) is 11.9. The molecule has 25 heavy (non-hydrogen) atoms. The lowest BCUT2D eigenvalue weighted by molar-refractivity contribution is -0.118. The highest BCUT2D eigenvalue weighted by Crippen LogP contribution is 2.29. The molecule has 1 amide bonds. The van der Waals surface area contributed by atoms with E-state index in [1.807, 2.05) is 19.9 Å². The second-order valence-electron chi connectivity index (χ2n) is 5.35. The Kier molecular flexibility index (Phi) is 6.90. The topological polar surface area (TPSA) is 70.9 Å². The third-order valence-electron chi connectivity index (χ3n) is 3.46. The zero-order valence-corrected chi connectivity index (χ0v) is 16.6. The predicted octanol–water partition coefficient (Wildman–Crippen LogP) is 4.02. The van der Waals surface area contributed by atoms with Gasteiger partial charge in [0.1, 0.15) is 0 Å². The predicted molar refractivity (Wildman–Crippen MR) is 105 cm³/mol. The van der Waals surface area contributed by atoms with Gasteiger partial charge in [0.25, 0.3) is 0 Å². The number of hydrogen-bond donors (Lipinski definition) is 2. The molecule has 2 aromatic rings. The summed E-state index contributed by atoms with van der Waals surface area (Å²) in [7, 11) is 1.47. The van der Waals surface area contributed by atoms with E-state index in [4.69, 9.17) is 4.74 Å². The fraction of sp³-hybridized carbons (Fsp3) is 0.222. The first-order valence-electron chi connectivity index (χ1n) is 7.49. The lowest BCUT2D eigenvalue weighted by Crippen LogP contribution is -2.19. The molecule has 0 spiro atoms. The van der Waals surface area contributed by atoms with Crippen LogP contribution < -0.4 is 10.2 Å². The zero-order valence-electron chi connectivity index (χ0n) is 14.2. The number of phenols is 1. The molecule has 0 aromatic heterocycles. The second kappa shape index (κ2) is 8.92. The van der Waals surface area contributed by atoms with Crippen LogP contribution in [0.25, 0.3) is 0 Å². The van der Waals surface area contributed by atoms with E-state index in [2.05, 4.69) is 32.5 Å². The molecule has 0 radical (unpaired) electrons. The molecule has 0 heterocycles. The molecule has 0 saturated heterocycles. The van der Waals surface area contributed by atoms with Crippen LogP contribution in [0.1, 0.15) is 16.7 Å². The highest BCUT2D eigenvalue weighted by Gasteiger charge is 2.07. The van der Waals surface area contributed by atoms with Gasteiger partial charge in [-0.2, -0.15) is 5.10 Å². The van der Waals surface area contributed by atoms with Gasteiger partial charge in [-0.15, -0.1) is 11.8 Å². The summed E-state index contributed by atoms with van der Waals surface area (Å²) in [4.78, 5) is 13.0. The number of hydrogen-bond acceptors (Lipinski definition) is 5. The SMILES string of the molecule is COc1cccc(/C=N/NC(=O)CSc2cc(C)c(Br)cc2C)c1O. The van der Waals surface area contributed by atoms with Gasteiger partial charge in [0.15, 0.2) is 11.5 Å². The molecule has 0 aliphatic heterocycles. The number of rotatable bonds is 6. The maximum atomic E-state index is 11.9. The van der Waals surface area contributed by atoms with Gasteiger partial charge in [0, 0.05) is 14.9 Å². The van der Waals surface area contributed by atoms with Gasteiger partial charge < -0.3 is 9.84 Å². The van der Waals surface area contributed by atoms with Crippen molar-refractivity contribution in [3.63, 3.8) is 0 Å². The van der Waals surface area contributed by atoms with E-state index in [-0.39, 0.29) is 17.4 Å². The summed E-state index contributed by atoms with van der Waals surface area (Å²) in [5.74, 6) is 0.373. The van der Waals surface area contributed by atoms with Crippen LogP contribution in [-0.4, -0.2) is 30.1 Å². The highest BCUT2D eigenvalue weighted by atomic mass is 79.9. The number of carbonyl (C=O) groups is 1. The van der Waals surface area contributed by atoms with Crippen molar-refractivity contribution >= 4 is 39.8 Å². The first-order valence-corrected chi connectivity index (χ1v) is 9.27. The van der Waals surface area contributed by atoms with E-state index in [0.717, 1.165) is 20.5 Å². The van der Waals surface area contributed by atoms with Crippen molar-refractivity contribution in [1.29, 1.82) is 0 Å². The van der Waals surface area contributed by atoms with Crippen molar-refractivity contribution in [2.45, 2.75) is 18.7 Å². The summed E-state index contributed by atoms with van der Waals surface area (Å²) in [6.45, 7) is 4.02. The van der Waals surface area contributed by atoms with Crippen LogP contribution >= 0.6 is 27.7 Å². The summed E-state index contributed by atoms with van der Waals surface area (Å²) in [5, 5.41) is 13.8. The van der Waals surface area contributed by atoms with E-state index in [9.17, 15) is 9.90 Å². The molecule has 132 valence electrons. The largest absolute Gasteiger partial charge is 0.504 e. The number of amides is 1. The fourth-order valence-corrected chi connectivity index (χ4v) is 3.42. The summed E-state index contributed by atoms with van der Waals surface area (Å²) in [5.41, 5.74) is 5.16. The molecule has 7 heteroatoms. The van der Waals surface area contributed by atoms with Crippen LogP contribution in [0, 0.1) is 13.8 Å². The Bertz CT molecular complexity index is 809. The van der Waals surface area contributed by atoms with Crippen LogP contribution in [0.5, 0.6) is 11.5 Å². The third-order valence-corrected chi connectivity index (χ3v) is 5.47. The quantitative estimate of drug-likeness (QED) is 0.418. The molecule has 2 N–H and O–H groups in total. The Balaban J connectivity index is 1.92. The van der Waals surface area contributed by atoms with E-state index in [0.29, 0.717) is 11.3 Å². The molecule has 0 atom stereocenters. The Morgan fingerprint density at radius 2 is 2.12 bits per heavy atom. The van der Waals surface area contributed by atoms with Gasteiger partial charge in [0.2, 0.25) is 5.91 Å². The van der Waals surface area contributed by atoms with E-state index < -0.39 is 0 Å². The minimum atomic E-state index is -0.219. The van der Waals surface area contributed by atoms with Crippen LogP contribution in [0.3, 0.4) is 0 Å². The van der Waals surface area contributed by atoms with E-state index >= 15 is 0 Å². The number of para-hydroxylation sites is 1. The maximum absolute atomic E-state index is 11.9. The van der Waals surface area contributed by atoms with Crippen molar-refractivity contribution in [2.24, 2.45) is 5.10 Å².